The summed E-state index contributed by atoms with van der Waals surface area (Å²) in [6, 6.07) is 14.9. The molecule has 0 radical (unpaired) electrons. The lowest BCUT2D eigenvalue weighted by Gasteiger charge is -2.12. The lowest BCUT2D eigenvalue weighted by Crippen LogP contribution is -1.99. The zero-order valence-electron chi connectivity index (χ0n) is 15.9. The highest BCUT2D eigenvalue weighted by Gasteiger charge is 2.17. The van der Waals surface area contributed by atoms with Crippen LogP contribution in [0.5, 0.6) is 5.75 Å². The summed E-state index contributed by atoms with van der Waals surface area (Å²) < 4.78 is 12.7. The maximum absolute atomic E-state index is 6.12. The molecular weight excluding hydrogens is 388 g/mol. The summed E-state index contributed by atoms with van der Waals surface area (Å²) in [6.07, 6.45) is 2.62. The Morgan fingerprint density at radius 3 is 2.38 bits per heavy atom. The fraction of sp³-hybridized carbons (Fsp3) is 0.304. The summed E-state index contributed by atoms with van der Waals surface area (Å²) in [7, 11) is 1.72. The zero-order chi connectivity index (χ0) is 18.7. The number of methoxy groups -OCH3 is 1. The number of rotatable bonds is 6. The molecule has 26 heavy (non-hydrogen) atoms. The highest BCUT2D eigenvalue weighted by Crippen LogP contribution is 2.33. The van der Waals surface area contributed by atoms with E-state index in [1.807, 2.05) is 6.07 Å². The molecule has 0 unspecified atom stereocenters. The molecule has 0 atom stereocenters. The van der Waals surface area contributed by atoms with Crippen LogP contribution in [-0.4, -0.2) is 7.11 Å². The Morgan fingerprint density at radius 2 is 1.73 bits per heavy atom. The van der Waals surface area contributed by atoms with Gasteiger partial charge in [-0.3, -0.25) is 0 Å². The van der Waals surface area contributed by atoms with Gasteiger partial charge < -0.3 is 9.15 Å². The molecular formula is C23H25BrO2. The van der Waals surface area contributed by atoms with Gasteiger partial charge in [0.1, 0.15) is 17.3 Å². The van der Waals surface area contributed by atoms with Crippen LogP contribution in [0.1, 0.15) is 46.3 Å². The maximum Gasteiger partial charge on any atom is 0.136 e. The van der Waals surface area contributed by atoms with Gasteiger partial charge in [0.05, 0.1) is 11.6 Å². The normalized spacial score (nSPS) is 11.0. The van der Waals surface area contributed by atoms with Gasteiger partial charge >= 0.3 is 0 Å². The number of halogens is 1. The molecule has 0 saturated carbocycles. The van der Waals surface area contributed by atoms with Crippen LogP contribution in [0.15, 0.2) is 51.4 Å². The molecule has 2 aromatic carbocycles. The van der Waals surface area contributed by atoms with Gasteiger partial charge in [-0.05, 0) is 64.5 Å². The molecule has 0 fully saturated rings. The van der Waals surface area contributed by atoms with Gasteiger partial charge in [-0.25, -0.2) is 0 Å². The Hall–Kier alpha value is -2.00. The van der Waals surface area contributed by atoms with Gasteiger partial charge in [0, 0.05) is 18.4 Å². The SMILES string of the molecule is CCc1cc(Cc2c(Cc3ccccc3)oc(C)c2C)cc(Br)c1OC. The molecule has 3 rings (SSSR count). The van der Waals surface area contributed by atoms with Crippen LogP contribution in [-0.2, 0) is 19.3 Å². The van der Waals surface area contributed by atoms with Crippen LogP contribution in [0, 0.1) is 13.8 Å². The molecule has 3 heteroatoms. The predicted octanol–water partition coefficient (Wildman–Crippen LogP) is 6.41. The third-order valence-electron chi connectivity index (χ3n) is 4.95. The van der Waals surface area contributed by atoms with E-state index in [2.05, 4.69) is 73.1 Å². The minimum Gasteiger partial charge on any atom is -0.495 e. The van der Waals surface area contributed by atoms with Gasteiger partial charge in [-0.15, -0.1) is 0 Å². The van der Waals surface area contributed by atoms with Crippen LogP contribution in [0.3, 0.4) is 0 Å². The van der Waals surface area contributed by atoms with Crippen molar-refractivity contribution >= 4 is 15.9 Å². The van der Waals surface area contributed by atoms with Crippen molar-refractivity contribution in [1.29, 1.82) is 0 Å². The van der Waals surface area contributed by atoms with Crippen molar-refractivity contribution in [3.63, 3.8) is 0 Å². The minimum absolute atomic E-state index is 0.822. The Morgan fingerprint density at radius 1 is 1.00 bits per heavy atom. The molecule has 0 amide bonds. The third-order valence-corrected chi connectivity index (χ3v) is 5.54. The first-order valence-corrected chi connectivity index (χ1v) is 9.79. The maximum atomic E-state index is 6.12. The Labute approximate surface area is 164 Å². The molecule has 0 N–H and O–H groups in total. The van der Waals surface area contributed by atoms with Gasteiger partial charge in [-0.2, -0.15) is 0 Å². The number of benzene rings is 2. The summed E-state index contributed by atoms with van der Waals surface area (Å²) in [6.45, 7) is 6.36. The van der Waals surface area contributed by atoms with Crippen molar-refractivity contribution in [2.45, 2.75) is 40.0 Å². The second-order valence-corrected chi connectivity index (χ2v) is 7.50. The van der Waals surface area contributed by atoms with Crippen molar-refractivity contribution in [2.75, 3.05) is 7.11 Å². The first kappa shape index (κ1) is 18.8. The largest absolute Gasteiger partial charge is 0.495 e. The summed E-state index contributed by atoms with van der Waals surface area (Å²) >= 11 is 3.66. The van der Waals surface area contributed by atoms with Gasteiger partial charge in [-0.1, -0.05) is 43.3 Å². The lowest BCUT2D eigenvalue weighted by atomic mass is 9.96. The molecule has 0 saturated heterocycles. The predicted molar refractivity (Wildman–Crippen MR) is 110 cm³/mol. The highest BCUT2D eigenvalue weighted by molar-refractivity contribution is 9.10. The average Bonchev–Trinajstić information content (AvgIpc) is 2.89. The number of furan rings is 1. The summed E-state index contributed by atoms with van der Waals surface area (Å²) in [5.41, 5.74) is 6.31. The number of ether oxygens (including phenoxy) is 1. The standard InChI is InChI=1S/C23H25BrO2/c1-5-19-11-18(13-21(24)23(19)25-4)12-20-15(2)16(3)26-22(20)14-17-9-7-6-8-10-17/h6-11,13H,5,12,14H2,1-4H3. The van der Waals surface area contributed by atoms with Crippen molar-refractivity contribution in [3.05, 3.63) is 86.3 Å². The highest BCUT2D eigenvalue weighted by atomic mass is 79.9. The quantitative estimate of drug-likeness (QED) is 0.466. The first-order chi connectivity index (χ1) is 12.5. The van der Waals surface area contributed by atoms with Crippen molar-refractivity contribution < 1.29 is 9.15 Å². The van der Waals surface area contributed by atoms with E-state index in [0.717, 1.165) is 41.0 Å². The summed E-state index contributed by atoms with van der Waals surface area (Å²) in [5, 5.41) is 0. The van der Waals surface area contributed by atoms with Gasteiger partial charge in [0.15, 0.2) is 0 Å². The smallest absolute Gasteiger partial charge is 0.136 e. The van der Waals surface area contributed by atoms with Crippen molar-refractivity contribution in [2.24, 2.45) is 0 Å². The van der Waals surface area contributed by atoms with E-state index in [-0.39, 0.29) is 0 Å². The molecule has 0 spiro atoms. The molecule has 136 valence electrons. The zero-order valence-corrected chi connectivity index (χ0v) is 17.4. The van der Waals surface area contributed by atoms with Crippen molar-refractivity contribution in [3.8, 4) is 5.75 Å². The Kier molecular flexibility index (Phi) is 5.87. The fourth-order valence-electron chi connectivity index (χ4n) is 3.41. The van der Waals surface area contributed by atoms with E-state index in [0.29, 0.717) is 0 Å². The molecule has 0 aliphatic heterocycles. The van der Waals surface area contributed by atoms with E-state index in [4.69, 9.17) is 9.15 Å². The molecule has 1 heterocycles. The van der Waals surface area contributed by atoms with Crippen LogP contribution < -0.4 is 4.74 Å². The minimum atomic E-state index is 0.822. The molecule has 2 nitrogen and oxygen atoms in total. The monoisotopic (exact) mass is 412 g/mol. The van der Waals surface area contributed by atoms with Crippen LogP contribution >= 0.6 is 15.9 Å². The summed E-state index contributed by atoms with van der Waals surface area (Å²) in [5.74, 6) is 3.01. The van der Waals surface area contributed by atoms with E-state index >= 15 is 0 Å². The first-order valence-electron chi connectivity index (χ1n) is 9.00. The van der Waals surface area contributed by atoms with Crippen molar-refractivity contribution in [1.82, 2.24) is 0 Å². The fourth-order valence-corrected chi connectivity index (χ4v) is 4.12. The molecule has 0 bridgehead atoms. The average molecular weight is 413 g/mol. The van der Waals surface area contributed by atoms with E-state index < -0.39 is 0 Å². The third kappa shape index (κ3) is 3.88. The van der Waals surface area contributed by atoms with Gasteiger partial charge in [0.2, 0.25) is 0 Å². The van der Waals surface area contributed by atoms with E-state index in [1.165, 1.54) is 27.8 Å². The van der Waals surface area contributed by atoms with Crippen LogP contribution in [0.4, 0.5) is 0 Å². The number of hydrogen-bond donors (Lipinski definition) is 0. The Balaban J connectivity index is 1.96. The Bertz CT molecular complexity index is 894. The molecule has 3 aromatic rings. The van der Waals surface area contributed by atoms with Crippen LogP contribution in [0.2, 0.25) is 0 Å². The number of hydrogen-bond acceptors (Lipinski definition) is 2. The topological polar surface area (TPSA) is 22.4 Å². The second-order valence-electron chi connectivity index (χ2n) is 6.65. The number of aryl methyl sites for hydroxylation is 2. The molecule has 1 aromatic heterocycles. The molecule has 0 aliphatic carbocycles. The van der Waals surface area contributed by atoms with Gasteiger partial charge in [0.25, 0.3) is 0 Å². The van der Waals surface area contributed by atoms with E-state index in [9.17, 15) is 0 Å². The second kappa shape index (κ2) is 8.13. The molecule has 0 aliphatic rings. The van der Waals surface area contributed by atoms with Crippen LogP contribution in [0.25, 0.3) is 0 Å². The summed E-state index contributed by atoms with van der Waals surface area (Å²) in [4.78, 5) is 0. The van der Waals surface area contributed by atoms with E-state index in [1.54, 1.807) is 7.11 Å². The lowest BCUT2D eigenvalue weighted by molar-refractivity contribution is 0.407.